The fourth-order valence-electron chi connectivity index (χ4n) is 4.39. The second kappa shape index (κ2) is 11.1. The number of nitrogens with zero attached hydrogens (tertiary/aromatic N) is 2. The molecule has 1 N–H and O–H groups in total. The van der Waals surface area contributed by atoms with E-state index in [0.717, 1.165) is 38.4 Å². The van der Waals surface area contributed by atoms with Crippen molar-refractivity contribution in [2.75, 3.05) is 37.2 Å². The number of hydrogen-bond acceptors (Lipinski definition) is 6. The molecule has 1 fully saturated rings. The predicted octanol–water partition coefficient (Wildman–Crippen LogP) is 3.44. The Hall–Kier alpha value is -3.11. The maximum absolute atomic E-state index is 13.5. The predicted molar refractivity (Wildman–Crippen MR) is 141 cm³/mol. The average molecular weight is 542 g/mol. The van der Waals surface area contributed by atoms with E-state index in [1.54, 1.807) is 30.3 Å². The molecule has 37 heavy (non-hydrogen) atoms. The summed E-state index contributed by atoms with van der Waals surface area (Å²) in [5, 5.41) is 3.26. The molecule has 194 valence electrons. The second-order valence-corrected chi connectivity index (χ2v) is 11.3. The lowest BCUT2D eigenvalue weighted by atomic mass is 10.1. The number of nitrogens with one attached hydrogen (secondary N) is 1. The third-order valence-corrected chi connectivity index (χ3v) is 8.44. The standard InChI is InChI=1S/C27H28ClN3O5S/c28-22-10-11-25-24(16-22)31(37(33,34)23-4-2-1-3-5-23)19-26(36-25)27(32)29-17-20-6-8-21(9-7-20)18-30-12-14-35-15-13-30/h1-11,16,26H,12-15,17-19H2,(H,29,32)/t26-/m1/s1. The topological polar surface area (TPSA) is 88.2 Å². The largest absolute Gasteiger partial charge is 0.476 e. The molecule has 2 heterocycles. The quantitative estimate of drug-likeness (QED) is 0.493. The van der Waals surface area contributed by atoms with Gasteiger partial charge in [0.2, 0.25) is 0 Å². The monoisotopic (exact) mass is 541 g/mol. The summed E-state index contributed by atoms with van der Waals surface area (Å²) < 4.78 is 39.4. The summed E-state index contributed by atoms with van der Waals surface area (Å²) in [4.78, 5) is 15.6. The molecule has 1 atom stereocenters. The van der Waals surface area contributed by atoms with Gasteiger partial charge in [-0.1, -0.05) is 54.1 Å². The van der Waals surface area contributed by atoms with E-state index in [9.17, 15) is 13.2 Å². The minimum absolute atomic E-state index is 0.124. The Labute approximate surface area is 221 Å². The molecule has 8 nitrogen and oxygen atoms in total. The molecule has 5 rings (SSSR count). The van der Waals surface area contributed by atoms with Crippen molar-refractivity contribution in [2.24, 2.45) is 0 Å². The zero-order chi connectivity index (χ0) is 25.8. The van der Waals surface area contributed by atoms with Crippen molar-refractivity contribution in [3.05, 3.63) is 88.9 Å². The highest BCUT2D eigenvalue weighted by molar-refractivity contribution is 7.92. The van der Waals surface area contributed by atoms with Crippen molar-refractivity contribution in [1.29, 1.82) is 0 Å². The van der Waals surface area contributed by atoms with E-state index in [2.05, 4.69) is 22.3 Å². The lowest BCUT2D eigenvalue weighted by molar-refractivity contribution is -0.127. The molecule has 0 unspecified atom stereocenters. The first-order valence-corrected chi connectivity index (χ1v) is 13.9. The van der Waals surface area contributed by atoms with Crippen LogP contribution in [-0.4, -0.2) is 58.2 Å². The molecule has 1 amide bonds. The number of morpholine rings is 1. The van der Waals surface area contributed by atoms with Gasteiger partial charge in [0.05, 0.1) is 30.3 Å². The van der Waals surface area contributed by atoms with Gasteiger partial charge < -0.3 is 14.8 Å². The fraction of sp³-hybridized carbons (Fsp3) is 0.296. The lowest BCUT2D eigenvalue weighted by Crippen LogP contribution is -2.50. The van der Waals surface area contributed by atoms with Crippen LogP contribution in [0, 0.1) is 0 Å². The van der Waals surface area contributed by atoms with Gasteiger partial charge in [-0.2, -0.15) is 0 Å². The van der Waals surface area contributed by atoms with E-state index in [0.29, 0.717) is 17.3 Å². The van der Waals surface area contributed by atoms with Crippen molar-refractivity contribution in [2.45, 2.75) is 24.1 Å². The summed E-state index contributed by atoms with van der Waals surface area (Å²) in [6.07, 6.45) is -1.02. The van der Waals surface area contributed by atoms with Crippen LogP contribution in [0.4, 0.5) is 5.69 Å². The van der Waals surface area contributed by atoms with Crippen LogP contribution in [0.2, 0.25) is 5.02 Å². The van der Waals surface area contributed by atoms with Crippen LogP contribution in [0.25, 0.3) is 0 Å². The van der Waals surface area contributed by atoms with E-state index in [1.165, 1.54) is 28.1 Å². The molecular formula is C27H28ClN3O5S. The minimum Gasteiger partial charge on any atom is -0.476 e. The molecule has 0 bridgehead atoms. The van der Waals surface area contributed by atoms with Gasteiger partial charge in [-0.15, -0.1) is 0 Å². The van der Waals surface area contributed by atoms with Crippen molar-refractivity contribution in [3.8, 4) is 5.75 Å². The Morgan fingerprint density at radius 3 is 2.41 bits per heavy atom. The van der Waals surface area contributed by atoms with Crippen molar-refractivity contribution >= 4 is 33.2 Å². The van der Waals surface area contributed by atoms with Gasteiger partial charge in [0.1, 0.15) is 5.75 Å². The molecule has 0 radical (unpaired) electrons. The first-order valence-electron chi connectivity index (χ1n) is 12.1. The average Bonchev–Trinajstić information content (AvgIpc) is 2.93. The molecular weight excluding hydrogens is 514 g/mol. The number of hydrogen-bond donors (Lipinski definition) is 1. The van der Waals surface area contributed by atoms with Crippen LogP contribution in [0.15, 0.2) is 77.7 Å². The molecule has 2 aliphatic rings. The van der Waals surface area contributed by atoms with Gasteiger partial charge in [-0.05, 0) is 41.5 Å². The number of halogens is 1. The molecule has 0 spiro atoms. The summed E-state index contributed by atoms with van der Waals surface area (Å²) in [5.41, 5.74) is 2.44. The maximum Gasteiger partial charge on any atom is 0.264 e. The van der Waals surface area contributed by atoms with E-state index >= 15 is 0 Å². The van der Waals surface area contributed by atoms with Gasteiger partial charge in [0.15, 0.2) is 6.10 Å². The number of carbonyl (C=O) groups excluding carboxylic acids is 1. The minimum atomic E-state index is -3.94. The SMILES string of the molecule is O=C(NCc1ccc(CN2CCOCC2)cc1)[C@H]1CN(S(=O)(=O)c2ccccc2)c2cc(Cl)ccc2O1. The van der Waals surface area contributed by atoms with Crippen LogP contribution in [0.5, 0.6) is 5.75 Å². The van der Waals surface area contributed by atoms with E-state index in [4.69, 9.17) is 21.1 Å². The van der Waals surface area contributed by atoms with Crippen molar-refractivity contribution in [1.82, 2.24) is 10.2 Å². The Kier molecular flexibility index (Phi) is 7.66. The number of ether oxygens (including phenoxy) is 2. The van der Waals surface area contributed by atoms with E-state index < -0.39 is 22.0 Å². The van der Waals surface area contributed by atoms with Crippen molar-refractivity contribution < 1.29 is 22.7 Å². The first-order chi connectivity index (χ1) is 17.9. The molecule has 0 aromatic heterocycles. The van der Waals surface area contributed by atoms with E-state index in [-0.39, 0.29) is 17.2 Å². The van der Waals surface area contributed by atoms with Crippen molar-refractivity contribution in [3.63, 3.8) is 0 Å². The molecule has 1 saturated heterocycles. The third-order valence-electron chi connectivity index (χ3n) is 6.41. The van der Waals surface area contributed by atoms with E-state index in [1.807, 2.05) is 12.1 Å². The molecule has 3 aromatic rings. The maximum atomic E-state index is 13.5. The summed E-state index contributed by atoms with van der Waals surface area (Å²) in [6.45, 7) is 4.35. The molecule has 0 saturated carbocycles. The summed E-state index contributed by atoms with van der Waals surface area (Å²) in [5.74, 6) is -0.117. The Bertz CT molecular complexity index is 1350. The number of amides is 1. The van der Waals surface area contributed by atoms with Crippen LogP contribution >= 0.6 is 11.6 Å². The second-order valence-electron chi connectivity index (χ2n) is 8.99. The normalized spacial score (nSPS) is 18.1. The van der Waals surface area contributed by atoms with Crippen LogP contribution in [0.3, 0.4) is 0 Å². The highest BCUT2D eigenvalue weighted by Gasteiger charge is 2.37. The Morgan fingerprint density at radius 2 is 1.68 bits per heavy atom. The van der Waals surface area contributed by atoms with Crippen LogP contribution in [0.1, 0.15) is 11.1 Å². The lowest BCUT2D eigenvalue weighted by Gasteiger charge is -2.34. The summed E-state index contributed by atoms with van der Waals surface area (Å²) >= 11 is 6.16. The molecule has 3 aromatic carbocycles. The number of benzene rings is 3. The van der Waals surface area contributed by atoms with Gasteiger partial charge in [-0.3, -0.25) is 14.0 Å². The highest BCUT2D eigenvalue weighted by atomic mass is 35.5. The molecule has 10 heteroatoms. The van der Waals surface area contributed by atoms with Gasteiger partial charge >= 0.3 is 0 Å². The third kappa shape index (κ3) is 5.91. The molecule has 2 aliphatic heterocycles. The smallest absolute Gasteiger partial charge is 0.264 e. The zero-order valence-corrected chi connectivity index (χ0v) is 21.7. The van der Waals surface area contributed by atoms with Gasteiger partial charge in [0, 0.05) is 31.2 Å². The number of sulfonamides is 1. The summed E-state index contributed by atoms with van der Waals surface area (Å²) in [7, 11) is -3.94. The molecule has 0 aliphatic carbocycles. The number of carbonyl (C=O) groups is 1. The first kappa shape index (κ1) is 25.5. The Morgan fingerprint density at radius 1 is 0.973 bits per heavy atom. The fourth-order valence-corrected chi connectivity index (χ4v) is 6.05. The van der Waals surface area contributed by atoms with Gasteiger partial charge in [-0.25, -0.2) is 8.42 Å². The van der Waals surface area contributed by atoms with Gasteiger partial charge in [0.25, 0.3) is 15.9 Å². The Balaban J connectivity index is 1.27. The number of rotatable bonds is 7. The highest BCUT2D eigenvalue weighted by Crippen LogP contribution is 2.38. The van der Waals surface area contributed by atoms with Crippen LogP contribution in [-0.2, 0) is 32.6 Å². The summed E-state index contributed by atoms with van der Waals surface area (Å²) in [6, 6.07) is 20.9. The van der Waals surface area contributed by atoms with Crippen LogP contribution < -0.4 is 14.4 Å². The number of fused-ring (bicyclic) bond motifs is 1. The number of anilines is 1. The zero-order valence-electron chi connectivity index (χ0n) is 20.2.